The summed E-state index contributed by atoms with van der Waals surface area (Å²) in [6.45, 7) is 4.48. The quantitative estimate of drug-likeness (QED) is 0.779. The van der Waals surface area contributed by atoms with Gasteiger partial charge >= 0.3 is 0 Å². The Hall–Kier alpha value is -1.06. The Morgan fingerprint density at radius 1 is 1.25 bits per heavy atom. The average Bonchev–Trinajstić information content (AvgIpc) is 2.29. The Bertz CT molecular complexity index is 312. The number of hydrogen-bond donors (Lipinski definition) is 2. The Labute approximate surface area is 96.7 Å². The molecule has 0 heterocycles. The molecule has 2 unspecified atom stereocenters. The van der Waals surface area contributed by atoms with Crippen LogP contribution in [-0.4, -0.2) is 22.9 Å². The van der Waals surface area contributed by atoms with Crippen molar-refractivity contribution in [2.24, 2.45) is 0 Å². The first kappa shape index (κ1) is 13.0. The van der Waals surface area contributed by atoms with Crippen molar-refractivity contribution in [2.75, 3.05) is 6.61 Å². The molecule has 3 heteroatoms. The predicted octanol–water partition coefficient (Wildman–Crippen LogP) is 2.28. The molecular formula is C13H20O3. The van der Waals surface area contributed by atoms with E-state index in [-0.39, 0.29) is 0 Å². The summed E-state index contributed by atoms with van der Waals surface area (Å²) in [6.07, 6.45) is -0.0918. The van der Waals surface area contributed by atoms with E-state index in [4.69, 9.17) is 4.74 Å². The molecule has 1 aromatic carbocycles. The summed E-state index contributed by atoms with van der Waals surface area (Å²) in [5.74, 6) is 0.725. The molecule has 0 saturated heterocycles. The highest BCUT2D eigenvalue weighted by Crippen LogP contribution is 2.23. The van der Waals surface area contributed by atoms with Crippen LogP contribution in [0.2, 0.25) is 0 Å². The molecule has 0 amide bonds. The molecule has 0 spiro atoms. The topological polar surface area (TPSA) is 49.7 Å². The van der Waals surface area contributed by atoms with Crippen molar-refractivity contribution in [3.05, 3.63) is 29.8 Å². The number of hydrogen-bond acceptors (Lipinski definition) is 3. The van der Waals surface area contributed by atoms with Gasteiger partial charge in [-0.15, -0.1) is 0 Å². The van der Waals surface area contributed by atoms with E-state index in [1.54, 1.807) is 12.1 Å². The largest absolute Gasteiger partial charge is 0.494 e. The maximum Gasteiger partial charge on any atom is 0.119 e. The highest BCUT2D eigenvalue weighted by Gasteiger charge is 2.17. The lowest BCUT2D eigenvalue weighted by Crippen LogP contribution is -2.17. The van der Waals surface area contributed by atoms with Crippen molar-refractivity contribution in [1.82, 2.24) is 0 Å². The third kappa shape index (κ3) is 3.51. The lowest BCUT2D eigenvalue weighted by atomic mass is 10.0. The fourth-order valence-electron chi connectivity index (χ4n) is 1.63. The monoisotopic (exact) mass is 224 g/mol. The number of aliphatic hydroxyl groups is 2. The summed E-state index contributed by atoms with van der Waals surface area (Å²) < 4.78 is 5.34. The van der Waals surface area contributed by atoms with E-state index in [1.807, 2.05) is 26.0 Å². The Kier molecular flexibility index (Phi) is 5.29. The van der Waals surface area contributed by atoms with Crippen LogP contribution in [0.1, 0.15) is 38.4 Å². The fourth-order valence-corrected chi connectivity index (χ4v) is 1.63. The maximum absolute atomic E-state index is 9.91. The van der Waals surface area contributed by atoms with Crippen LogP contribution >= 0.6 is 0 Å². The minimum atomic E-state index is -0.833. The summed E-state index contributed by atoms with van der Waals surface area (Å²) in [5, 5.41) is 19.6. The Morgan fingerprint density at radius 3 is 2.62 bits per heavy atom. The average molecular weight is 224 g/mol. The molecule has 3 nitrogen and oxygen atoms in total. The van der Waals surface area contributed by atoms with Gasteiger partial charge in [-0.2, -0.15) is 0 Å². The van der Waals surface area contributed by atoms with Crippen molar-refractivity contribution >= 4 is 0 Å². The van der Waals surface area contributed by atoms with E-state index >= 15 is 0 Å². The molecule has 0 aliphatic rings. The first-order valence-electron chi connectivity index (χ1n) is 5.78. The van der Waals surface area contributed by atoms with Crippen LogP contribution in [0, 0.1) is 0 Å². The second-order valence-corrected chi connectivity index (χ2v) is 3.81. The molecule has 0 radical (unpaired) electrons. The first-order chi connectivity index (χ1) is 7.69. The molecule has 0 aliphatic carbocycles. The summed E-state index contributed by atoms with van der Waals surface area (Å²) in [4.78, 5) is 0. The second kappa shape index (κ2) is 6.51. The zero-order valence-electron chi connectivity index (χ0n) is 9.89. The van der Waals surface area contributed by atoms with Gasteiger partial charge in [0.05, 0.1) is 12.7 Å². The number of ether oxygens (including phenoxy) is 1. The van der Waals surface area contributed by atoms with E-state index in [9.17, 15) is 10.2 Å². The van der Waals surface area contributed by atoms with E-state index in [2.05, 4.69) is 0 Å². The van der Waals surface area contributed by atoms with Gasteiger partial charge in [-0.1, -0.05) is 25.5 Å². The van der Waals surface area contributed by atoms with Gasteiger partial charge in [0.2, 0.25) is 0 Å². The van der Waals surface area contributed by atoms with Crippen LogP contribution in [0.15, 0.2) is 24.3 Å². The number of aliphatic hydroxyl groups excluding tert-OH is 2. The van der Waals surface area contributed by atoms with Crippen LogP contribution in [0.3, 0.4) is 0 Å². The predicted molar refractivity (Wildman–Crippen MR) is 63.5 cm³/mol. The molecule has 0 saturated carbocycles. The molecular weight excluding hydrogens is 204 g/mol. The highest BCUT2D eigenvalue weighted by atomic mass is 16.5. The lowest BCUT2D eigenvalue weighted by molar-refractivity contribution is 0.0130. The normalized spacial score (nSPS) is 14.5. The van der Waals surface area contributed by atoms with E-state index in [1.165, 1.54) is 0 Å². The summed E-state index contributed by atoms with van der Waals surface area (Å²) >= 11 is 0. The summed E-state index contributed by atoms with van der Waals surface area (Å²) in [5.41, 5.74) is 0.701. The number of rotatable bonds is 6. The zero-order chi connectivity index (χ0) is 12.0. The van der Waals surface area contributed by atoms with Crippen molar-refractivity contribution < 1.29 is 14.9 Å². The van der Waals surface area contributed by atoms with Crippen molar-refractivity contribution in [3.63, 3.8) is 0 Å². The molecule has 0 aliphatic heterocycles. The van der Waals surface area contributed by atoms with Gasteiger partial charge in [-0.3, -0.25) is 0 Å². The van der Waals surface area contributed by atoms with Gasteiger partial charge in [-0.25, -0.2) is 0 Å². The lowest BCUT2D eigenvalue weighted by Gasteiger charge is -2.18. The van der Waals surface area contributed by atoms with Gasteiger partial charge in [0.25, 0.3) is 0 Å². The second-order valence-electron chi connectivity index (χ2n) is 3.81. The van der Waals surface area contributed by atoms with Crippen molar-refractivity contribution in [3.8, 4) is 5.75 Å². The molecule has 16 heavy (non-hydrogen) atoms. The van der Waals surface area contributed by atoms with Gasteiger partial charge in [0.15, 0.2) is 0 Å². The van der Waals surface area contributed by atoms with E-state index < -0.39 is 12.2 Å². The number of benzene rings is 1. The smallest absolute Gasteiger partial charge is 0.119 e. The summed E-state index contributed by atoms with van der Waals surface area (Å²) in [6, 6.07) is 7.23. The van der Waals surface area contributed by atoms with Crippen LogP contribution in [-0.2, 0) is 0 Å². The van der Waals surface area contributed by atoms with Crippen LogP contribution < -0.4 is 4.74 Å². The van der Waals surface area contributed by atoms with Crippen molar-refractivity contribution in [2.45, 2.75) is 38.9 Å². The van der Waals surface area contributed by atoms with Gasteiger partial charge in [0.1, 0.15) is 11.9 Å². The molecule has 0 bridgehead atoms. The van der Waals surface area contributed by atoms with Gasteiger partial charge in [-0.05, 0) is 31.0 Å². The van der Waals surface area contributed by atoms with Crippen LogP contribution in [0.25, 0.3) is 0 Å². The highest BCUT2D eigenvalue weighted by molar-refractivity contribution is 5.30. The zero-order valence-corrected chi connectivity index (χ0v) is 9.89. The molecule has 2 N–H and O–H groups in total. The van der Waals surface area contributed by atoms with Crippen LogP contribution in [0.4, 0.5) is 0 Å². The minimum Gasteiger partial charge on any atom is -0.494 e. The molecule has 1 aromatic rings. The SMILES string of the molecule is CCCC(O)C(O)c1cccc(OCC)c1. The first-order valence-corrected chi connectivity index (χ1v) is 5.78. The Morgan fingerprint density at radius 2 is 2.00 bits per heavy atom. The third-order valence-electron chi connectivity index (χ3n) is 2.46. The van der Waals surface area contributed by atoms with E-state index in [0.29, 0.717) is 18.6 Å². The maximum atomic E-state index is 9.91. The van der Waals surface area contributed by atoms with Gasteiger partial charge < -0.3 is 14.9 Å². The van der Waals surface area contributed by atoms with Crippen LogP contribution in [0.5, 0.6) is 5.75 Å². The molecule has 0 fully saturated rings. The molecule has 90 valence electrons. The molecule has 2 atom stereocenters. The summed E-state index contributed by atoms with van der Waals surface area (Å²) in [7, 11) is 0. The minimum absolute atomic E-state index is 0.594. The standard InChI is InChI=1S/C13H20O3/c1-3-6-12(14)13(15)10-7-5-8-11(9-10)16-4-2/h5,7-9,12-15H,3-4,6H2,1-2H3. The molecule has 0 aromatic heterocycles. The fraction of sp³-hybridized carbons (Fsp3) is 0.538. The van der Waals surface area contributed by atoms with Crippen molar-refractivity contribution in [1.29, 1.82) is 0 Å². The Balaban J connectivity index is 2.74. The third-order valence-corrected chi connectivity index (χ3v) is 2.46. The molecule has 1 rings (SSSR count). The van der Waals surface area contributed by atoms with Gasteiger partial charge in [0, 0.05) is 0 Å². The van der Waals surface area contributed by atoms with E-state index in [0.717, 1.165) is 12.2 Å².